The highest BCUT2D eigenvalue weighted by Crippen LogP contribution is 2.33. The van der Waals surface area contributed by atoms with E-state index in [-0.39, 0.29) is 6.61 Å². The van der Waals surface area contributed by atoms with E-state index in [1.54, 1.807) is 0 Å². The lowest BCUT2D eigenvalue weighted by atomic mass is 10.1. The molecule has 3 aliphatic heterocycles. The molecular weight excluding hydrogens is 160 g/mol. The zero-order valence-electron chi connectivity index (χ0n) is 6.99. The SMILES string of the molecule is OCCCC12OCC(CO1)CO2. The monoisotopic (exact) mass is 174 g/mol. The normalized spacial score (nSPS) is 40.2. The second-order valence-corrected chi connectivity index (χ2v) is 3.31. The van der Waals surface area contributed by atoms with E-state index < -0.39 is 5.97 Å². The maximum atomic E-state index is 8.65. The maximum Gasteiger partial charge on any atom is 0.283 e. The van der Waals surface area contributed by atoms with Gasteiger partial charge in [-0.25, -0.2) is 0 Å². The van der Waals surface area contributed by atoms with E-state index in [1.807, 2.05) is 0 Å². The van der Waals surface area contributed by atoms with Crippen molar-refractivity contribution in [2.24, 2.45) is 5.92 Å². The van der Waals surface area contributed by atoms with Gasteiger partial charge in [0.25, 0.3) is 5.97 Å². The summed E-state index contributed by atoms with van der Waals surface area (Å²) in [6.45, 7) is 2.34. The molecule has 0 aromatic heterocycles. The summed E-state index contributed by atoms with van der Waals surface area (Å²) in [6.07, 6.45) is 1.28. The summed E-state index contributed by atoms with van der Waals surface area (Å²) in [4.78, 5) is 0. The van der Waals surface area contributed by atoms with Crippen molar-refractivity contribution < 1.29 is 19.3 Å². The smallest absolute Gasteiger partial charge is 0.283 e. The Kier molecular flexibility index (Phi) is 2.32. The molecule has 0 saturated carbocycles. The van der Waals surface area contributed by atoms with Gasteiger partial charge in [0.05, 0.1) is 19.8 Å². The lowest BCUT2D eigenvalue weighted by Gasteiger charge is -2.45. The van der Waals surface area contributed by atoms with Gasteiger partial charge in [-0.2, -0.15) is 0 Å². The molecule has 4 nitrogen and oxygen atoms in total. The molecule has 0 atom stereocenters. The van der Waals surface area contributed by atoms with Crippen molar-refractivity contribution in [1.29, 1.82) is 0 Å². The predicted octanol–water partition coefficient (Wildman–Crippen LogP) is 0.106. The Balaban J connectivity index is 1.90. The van der Waals surface area contributed by atoms with E-state index in [0.29, 0.717) is 18.8 Å². The van der Waals surface area contributed by atoms with Crippen LogP contribution in [-0.2, 0) is 14.2 Å². The van der Waals surface area contributed by atoms with Crippen molar-refractivity contribution in [2.75, 3.05) is 26.4 Å². The van der Waals surface area contributed by atoms with Gasteiger partial charge in [0.2, 0.25) is 0 Å². The summed E-state index contributed by atoms with van der Waals surface area (Å²) in [7, 11) is 0. The molecule has 0 aromatic carbocycles. The molecule has 0 aliphatic carbocycles. The van der Waals surface area contributed by atoms with Crippen LogP contribution in [-0.4, -0.2) is 37.5 Å². The van der Waals surface area contributed by atoms with Crippen LogP contribution in [0.15, 0.2) is 0 Å². The van der Waals surface area contributed by atoms with E-state index in [0.717, 1.165) is 19.8 Å². The molecule has 3 rings (SSSR count). The molecule has 3 fully saturated rings. The number of ether oxygens (including phenoxy) is 3. The van der Waals surface area contributed by atoms with Crippen molar-refractivity contribution in [3.8, 4) is 0 Å². The van der Waals surface area contributed by atoms with E-state index in [1.165, 1.54) is 0 Å². The number of hydrogen-bond donors (Lipinski definition) is 1. The summed E-state index contributed by atoms with van der Waals surface area (Å²) in [5, 5.41) is 8.65. The molecule has 2 bridgehead atoms. The quantitative estimate of drug-likeness (QED) is 0.659. The largest absolute Gasteiger partial charge is 0.396 e. The van der Waals surface area contributed by atoms with Crippen LogP contribution < -0.4 is 0 Å². The topological polar surface area (TPSA) is 47.9 Å². The molecular formula is C8H14O4. The minimum Gasteiger partial charge on any atom is -0.396 e. The fraction of sp³-hybridized carbons (Fsp3) is 1.00. The van der Waals surface area contributed by atoms with Crippen LogP contribution in [0.25, 0.3) is 0 Å². The van der Waals surface area contributed by atoms with Crippen molar-refractivity contribution in [2.45, 2.75) is 18.8 Å². The van der Waals surface area contributed by atoms with Gasteiger partial charge in [-0.15, -0.1) is 0 Å². The van der Waals surface area contributed by atoms with Crippen LogP contribution in [0, 0.1) is 5.92 Å². The van der Waals surface area contributed by atoms with Gasteiger partial charge in [-0.1, -0.05) is 0 Å². The van der Waals surface area contributed by atoms with Gasteiger partial charge in [-0.05, 0) is 6.42 Å². The number of aliphatic hydroxyl groups is 1. The van der Waals surface area contributed by atoms with Crippen LogP contribution in [0.3, 0.4) is 0 Å². The lowest BCUT2D eigenvalue weighted by molar-refractivity contribution is -0.450. The molecule has 0 radical (unpaired) electrons. The molecule has 0 amide bonds. The first-order valence-electron chi connectivity index (χ1n) is 4.37. The molecule has 70 valence electrons. The summed E-state index contributed by atoms with van der Waals surface area (Å²) in [5.41, 5.74) is 0. The third kappa shape index (κ3) is 1.47. The minimum absolute atomic E-state index is 0.154. The summed E-state index contributed by atoms with van der Waals surface area (Å²) >= 11 is 0. The standard InChI is InChI=1S/C8H14O4/c9-3-1-2-8-10-4-7(5-11-8)6-12-8/h7,9H,1-6H2. The molecule has 12 heavy (non-hydrogen) atoms. The van der Waals surface area contributed by atoms with Crippen LogP contribution in [0.5, 0.6) is 0 Å². The first kappa shape index (κ1) is 8.44. The van der Waals surface area contributed by atoms with Gasteiger partial charge >= 0.3 is 0 Å². The molecule has 0 aromatic rings. The first-order valence-corrected chi connectivity index (χ1v) is 4.37. The van der Waals surface area contributed by atoms with Crippen LogP contribution >= 0.6 is 0 Å². The predicted molar refractivity (Wildman–Crippen MR) is 40.4 cm³/mol. The van der Waals surface area contributed by atoms with Gasteiger partial charge in [0.15, 0.2) is 0 Å². The summed E-state index contributed by atoms with van der Waals surface area (Å²) in [5.74, 6) is -0.418. The first-order chi connectivity index (χ1) is 5.85. The van der Waals surface area contributed by atoms with Gasteiger partial charge in [0.1, 0.15) is 0 Å². The molecule has 3 heterocycles. The molecule has 1 N–H and O–H groups in total. The zero-order valence-corrected chi connectivity index (χ0v) is 6.99. The van der Waals surface area contributed by atoms with Crippen molar-refractivity contribution in [3.63, 3.8) is 0 Å². The van der Waals surface area contributed by atoms with E-state index >= 15 is 0 Å². The van der Waals surface area contributed by atoms with Crippen molar-refractivity contribution in [1.82, 2.24) is 0 Å². The van der Waals surface area contributed by atoms with Gasteiger partial charge in [-0.3, -0.25) is 0 Å². The van der Waals surface area contributed by atoms with Crippen LogP contribution in [0.2, 0.25) is 0 Å². The van der Waals surface area contributed by atoms with Gasteiger partial charge < -0.3 is 19.3 Å². The number of aliphatic hydroxyl groups excluding tert-OH is 1. The number of fused-ring (bicyclic) bond motifs is 3. The highest BCUT2D eigenvalue weighted by Gasteiger charge is 2.43. The molecule has 0 spiro atoms. The van der Waals surface area contributed by atoms with E-state index in [2.05, 4.69) is 0 Å². The molecule has 0 unspecified atom stereocenters. The minimum atomic E-state index is -0.822. The molecule has 3 saturated heterocycles. The van der Waals surface area contributed by atoms with E-state index in [9.17, 15) is 0 Å². The second-order valence-electron chi connectivity index (χ2n) is 3.31. The number of hydrogen-bond acceptors (Lipinski definition) is 4. The Hall–Kier alpha value is -0.160. The fourth-order valence-electron chi connectivity index (χ4n) is 1.52. The number of rotatable bonds is 3. The highest BCUT2D eigenvalue weighted by atomic mass is 16.9. The van der Waals surface area contributed by atoms with Gasteiger partial charge in [0, 0.05) is 18.9 Å². The average Bonchev–Trinajstić information content (AvgIpc) is 2.18. The zero-order chi connectivity index (χ0) is 8.44. The van der Waals surface area contributed by atoms with Crippen molar-refractivity contribution >= 4 is 0 Å². The Morgan fingerprint density at radius 1 is 1.17 bits per heavy atom. The molecule has 4 heteroatoms. The molecule has 3 aliphatic rings. The third-order valence-corrected chi connectivity index (χ3v) is 2.26. The lowest BCUT2D eigenvalue weighted by Crippen LogP contribution is -2.53. The fourth-order valence-corrected chi connectivity index (χ4v) is 1.52. The van der Waals surface area contributed by atoms with Crippen LogP contribution in [0.1, 0.15) is 12.8 Å². The van der Waals surface area contributed by atoms with Crippen LogP contribution in [0.4, 0.5) is 0 Å². The third-order valence-electron chi connectivity index (χ3n) is 2.26. The average molecular weight is 174 g/mol. The maximum absolute atomic E-state index is 8.65. The second kappa shape index (κ2) is 3.30. The summed E-state index contributed by atoms with van der Waals surface area (Å²) < 4.78 is 16.2. The Labute approximate surface area is 71.4 Å². The highest BCUT2D eigenvalue weighted by molar-refractivity contribution is 4.74. The van der Waals surface area contributed by atoms with E-state index in [4.69, 9.17) is 19.3 Å². The Morgan fingerprint density at radius 2 is 1.75 bits per heavy atom. The summed E-state index contributed by atoms with van der Waals surface area (Å²) in [6, 6.07) is 0. The Bertz CT molecular complexity index is 137. The Morgan fingerprint density at radius 3 is 2.25 bits per heavy atom. The van der Waals surface area contributed by atoms with Crippen molar-refractivity contribution in [3.05, 3.63) is 0 Å².